The number of hydrogen-bond acceptors (Lipinski definition) is 7. The monoisotopic (exact) mass is 492 g/mol. The van der Waals surface area contributed by atoms with Crippen LogP contribution in [0.4, 0.5) is 0 Å². The number of ether oxygens (including phenoxy) is 5. The largest absolute Gasteiger partial charge is 0.493 e. The van der Waals surface area contributed by atoms with Crippen LogP contribution < -0.4 is 24.3 Å². The molecule has 1 N–H and O–H groups in total. The molecule has 9 heteroatoms. The Labute approximate surface area is 208 Å². The molecule has 0 saturated carbocycles. The van der Waals surface area contributed by atoms with Crippen LogP contribution in [0.5, 0.6) is 23.0 Å². The van der Waals surface area contributed by atoms with Crippen LogP contribution in [0.15, 0.2) is 48.6 Å². The molecule has 6 rings (SSSR count). The maximum atomic E-state index is 13.5. The molecule has 2 bridgehead atoms. The predicted octanol–water partition coefficient (Wildman–Crippen LogP) is 2.07. The van der Waals surface area contributed by atoms with Crippen molar-refractivity contribution >= 4 is 11.8 Å². The standard InChI is InChI=1S/C27H28N2O7/c1-32-18-5-3-16(11-21(18)33-2)8-10-28-25(30)23-20-7-9-27(36-20)14-29(26(31)24(23)27)13-17-4-6-19-22(12-17)35-15-34-19/h3-7,9,11-12,20,23-24H,8,10,13-15H2,1-2H3,(H,28,30)/t20-,23?,24?,27?/m1/s1. The Kier molecular flexibility index (Phi) is 5.52. The molecule has 188 valence electrons. The van der Waals surface area contributed by atoms with Crippen LogP contribution in [0.25, 0.3) is 0 Å². The van der Waals surface area contributed by atoms with E-state index < -0.39 is 17.4 Å². The number of carbonyl (C=O) groups excluding carboxylic acids is 2. The van der Waals surface area contributed by atoms with E-state index in [1.54, 1.807) is 19.1 Å². The predicted molar refractivity (Wildman–Crippen MR) is 128 cm³/mol. The van der Waals surface area contributed by atoms with Crippen LogP contribution in [-0.4, -0.2) is 62.5 Å². The maximum absolute atomic E-state index is 13.5. The number of methoxy groups -OCH3 is 2. The van der Waals surface area contributed by atoms with Crippen LogP contribution >= 0.6 is 0 Å². The summed E-state index contributed by atoms with van der Waals surface area (Å²) in [6.07, 6.45) is 4.13. The highest BCUT2D eigenvalue weighted by molar-refractivity contribution is 5.93. The summed E-state index contributed by atoms with van der Waals surface area (Å²) in [4.78, 5) is 28.5. The highest BCUT2D eigenvalue weighted by atomic mass is 16.7. The van der Waals surface area contributed by atoms with E-state index in [2.05, 4.69) is 5.32 Å². The van der Waals surface area contributed by atoms with E-state index in [0.717, 1.165) is 11.1 Å². The van der Waals surface area contributed by atoms with Crippen LogP contribution in [0, 0.1) is 11.8 Å². The van der Waals surface area contributed by atoms with Crippen molar-refractivity contribution in [1.82, 2.24) is 10.2 Å². The van der Waals surface area contributed by atoms with Crippen LogP contribution in [0.1, 0.15) is 11.1 Å². The molecule has 9 nitrogen and oxygen atoms in total. The second-order valence-electron chi connectivity index (χ2n) is 9.51. The third-order valence-electron chi connectivity index (χ3n) is 7.45. The Morgan fingerprint density at radius 2 is 1.89 bits per heavy atom. The minimum atomic E-state index is -0.747. The molecule has 0 radical (unpaired) electrons. The van der Waals surface area contributed by atoms with Gasteiger partial charge in [0.05, 0.1) is 38.7 Å². The van der Waals surface area contributed by atoms with E-state index in [9.17, 15) is 9.59 Å². The summed E-state index contributed by atoms with van der Waals surface area (Å²) in [5.74, 6) is 1.41. The molecule has 2 aromatic carbocycles. The Balaban J connectivity index is 1.12. The number of likely N-dealkylation sites (tertiary alicyclic amines) is 1. The van der Waals surface area contributed by atoms with Gasteiger partial charge in [-0.25, -0.2) is 0 Å². The van der Waals surface area contributed by atoms with Gasteiger partial charge in [-0.2, -0.15) is 0 Å². The lowest BCUT2D eigenvalue weighted by Crippen LogP contribution is -2.44. The zero-order valence-corrected chi connectivity index (χ0v) is 20.2. The molecule has 1 spiro atoms. The fraction of sp³-hybridized carbons (Fsp3) is 0.407. The van der Waals surface area contributed by atoms with Crippen molar-refractivity contribution in [3.63, 3.8) is 0 Å². The van der Waals surface area contributed by atoms with Crippen molar-refractivity contribution in [3.05, 3.63) is 59.7 Å². The second kappa shape index (κ2) is 8.74. The third-order valence-corrected chi connectivity index (χ3v) is 7.45. The average molecular weight is 493 g/mol. The number of amides is 2. The summed E-state index contributed by atoms with van der Waals surface area (Å²) in [6.45, 7) is 1.49. The van der Waals surface area contributed by atoms with Crippen molar-refractivity contribution in [2.24, 2.45) is 11.8 Å². The van der Waals surface area contributed by atoms with Crippen molar-refractivity contribution in [1.29, 1.82) is 0 Å². The lowest BCUT2D eigenvalue weighted by Gasteiger charge is -2.23. The van der Waals surface area contributed by atoms with Crippen molar-refractivity contribution in [3.8, 4) is 23.0 Å². The highest BCUT2D eigenvalue weighted by Gasteiger charge is 2.66. The van der Waals surface area contributed by atoms with E-state index >= 15 is 0 Å². The Hall–Kier alpha value is -3.72. The van der Waals surface area contributed by atoms with Crippen molar-refractivity contribution in [2.75, 3.05) is 34.1 Å². The van der Waals surface area contributed by atoms with E-state index in [4.69, 9.17) is 23.7 Å². The smallest absolute Gasteiger partial charge is 0.231 e. The number of nitrogens with zero attached hydrogens (tertiary/aromatic N) is 1. The van der Waals surface area contributed by atoms with Crippen LogP contribution in [0.3, 0.4) is 0 Å². The summed E-state index contributed by atoms with van der Waals surface area (Å²) in [6, 6.07) is 11.4. The van der Waals surface area contributed by atoms with Gasteiger partial charge < -0.3 is 33.9 Å². The fourth-order valence-electron chi connectivity index (χ4n) is 5.76. The molecule has 36 heavy (non-hydrogen) atoms. The maximum Gasteiger partial charge on any atom is 0.231 e. The fourth-order valence-corrected chi connectivity index (χ4v) is 5.76. The van der Waals surface area contributed by atoms with Gasteiger partial charge in [-0.15, -0.1) is 0 Å². The van der Waals surface area contributed by atoms with E-state index in [0.29, 0.717) is 49.1 Å². The molecule has 2 saturated heterocycles. The summed E-state index contributed by atoms with van der Waals surface area (Å²) >= 11 is 0. The van der Waals surface area contributed by atoms with Crippen LogP contribution in [0.2, 0.25) is 0 Å². The first-order chi connectivity index (χ1) is 17.5. The van der Waals surface area contributed by atoms with Gasteiger partial charge >= 0.3 is 0 Å². The Bertz CT molecular complexity index is 1240. The molecule has 4 heterocycles. The summed E-state index contributed by atoms with van der Waals surface area (Å²) in [5, 5.41) is 3.02. The third kappa shape index (κ3) is 3.65. The first kappa shape index (κ1) is 22.7. The topological polar surface area (TPSA) is 95.6 Å². The number of fused-ring (bicyclic) bond motifs is 2. The molecule has 3 unspecified atom stereocenters. The van der Waals surface area contributed by atoms with Crippen molar-refractivity contribution in [2.45, 2.75) is 24.7 Å². The molecular weight excluding hydrogens is 464 g/mol. The number of nitrogens with one attached hydrogen (secondary N) is 1. The van der Waals surface area contributed by atoms with Crippen molar-refractivity contribution < 1.29 is 33.3 Å². The van der Waals surface area contributed by atoms with E-state index in [1.807, 2.05) is 48.6 Å². The van der Waals surface area contributed by atoms with Gasteiger partial charge in [0, 0.05) is 13.1 Å². The molecule has 4 aliphatic rings. The number of benzene rings is 2. The SMILES string of the molecule is COc1ccc(CCNC(=O)C2C3C(=O)N(Cc4ccc5c(c4)OCO5)CC34C=C[C@H]2O4)cc1OC. The first-order valence-corrected chi connectivity index (χ1v) is 12.0. The lowest BCUT2D eigenvalue weighted by atomic mass is 9.77. The zero-order chi connectivity index (χ0) is 24.9. The van der Waals surface area contributed by atoms with E-state index in [-0.39, 0.29) is 24.7 Å². The quantitative estimate of drug-likeness (QED) is 0.564. The van der Waals surface area contributed by atoms with Gasteiger partial charge in [-0.05, 0) is 41.8 Å². The normalized spacial score (nSPS) is 26.9. The van der Waals surface area contributed by atoms with Gasteiger partial charge in [0.15, 0.2) is 23.0 Å². The molecule has 0 aromatic heterocycles. The first-order valence-electron chi connectivity index (χ1n) is 12.0. The Morgan fingerprint density at radius 3 is 2.72 bits per heavy atom. The van der Waals surface area contributed by atoms with Gasteiger partial charge in [0.1, 0.15) is 5.60 Å². The molecule has 4 aliphatic heterocycles. The second-order valence-corrected chi connectivity index (χ2v) is 9.51. The molecule has 2 amide bonds. The molecular formula is C27H28N2O7. The number of carbonyl (C=O) groups is 2. The number of rotatable bonds is 8. The highest BCUT2D eigenvalue weighted by Crippen LogP contribution is 2.52. The molecule has 2 fully saturated rings. The minimum Gasteiger partial charge on any atom is -0.493 e. The number of hydrogen-bond donors (Lipinski definition) is 1. The molecule has 2 aromatic rings. The van der Waals surface area contributed by atoms with E-state index in [1.165, 1.54) is 0 Å². The summed E-state index contributed by atoms with van der Waals surface area (Å²) in [5.41, 5.74) is 1.21. The summed E-state index contributed by atoms with van der Waals surface area (Å²) in [7, 11) is 3.19. The Morgan fingerprint density at radius 1 is 1.08 bits per heavy atom. The van der Waals surface area contributed by atoms with Gasteiger partial charge in [-0.1, -0.05) is 24.3 Å². The van der Waals surface area contributed by atoms with Gasteiger partial charge in [0.2, 0.25) is 18.6 Å². The van der Waals surface area contributed by atoms with Gasteiger partial charge in [0.25, 0.3) is 0 Å². The molecule has 0 aliphatic carbocycles. The van der Waals surface area contributed by atoms with Crippen LogP contribution in [-0.2, 0) is 27.3 Å². The summed E-state index contributed by atoms with van der Waals surface area (Å²) < 4.78 is 27.7. The van der Waals surface area contributed by atoms with Gasteiger partial charge in [-0.3, -0.25) is 9.59 Å². The lowest BCUT2D eigenvalue weighted by molar-refractivity contribution is -0.137. The zero-order valence-electron chi connectivity index (χ0n) is 20.2. The molecule has 4 atom stereocenters. The minimum absolute atomic E-state index is 0.0560. The average Bonchev–Trinajstić information content (AvgIpc) is 3.65.